The van der Waals surface area contributed by atoms with E-state index < -0.39 is 9.84 Å². The highest BCUT2D eigenvalue weighted by molar-refractivity contribution is 7.90. The third kappa shape index (κ3) is 3.43. The summed E-state index contributed by atoms with van der Waals surface area (Å²) < 4.78 is 29.1. The number of rotatable bonds is 5. The second-order valence-electron chi connectivity index (χ2n) is 4.58. The molecule has 0 fully saturated rings. The highest BCUT2D eigenvalue weighted by Crippen LogP contribution is 2.19. The van der Waals surface area contributed by atoms with Crippen molar-refractivity contribution in [1.29, 1.82) is 0 Å². The third-order valence-corrected chi connectivity index (χ3v) is 4.69. The fraction of sp³-hybridized carbons (Fsp3) is 0.429. The normalized spacial score (nSPS) is 15.1. The van der Waals surface area contributed by atoms with Crippen LogP contribution in [-0.2, 0) is 33.4 Å². The van der Waals surface area contributed by atoms with Gasteiger partial charge >= 0.3 is 0 Å². The summed E-state index contributed by atoms with van der Waals surface area (Å²) in [5.74, 6) is 0.297. The van der Waals surface area contributed by atoms with E-state index in [2.05, 4.69) is 6.58 Å². The van der Waals surface area contributed by atoms with Crippen molar-refractivity contribution in [3.63, 3.8) is 0 Å². The topological polar surface area (TPSA) is 43.4 Å². The van der Waals surface area contributed by atoms with Gasteiger partial charge in [0.1, 0.15) is 0 Å². The van der Waals surface area contributed by atoms with Crippen molar-refractivity contribution < 1.29 is 13.2 Å². The van der Waals surface area contributed by atoms with Gasteiger partial charge in [0.25, 0.3) is 0 Å². The SMILES string of the molecule is C=CCCS(=O)(=O)Cc1ccc2c(c1)CCOC2. The summed E-state index contributed by atoms with van der Waals surface area (Å²) in [4.78, 5) is 0. The van der Waals surface area contributed by atoms with Crippen LogP contribution >= 0.6 is 0 Å². The van der Waals surface area contributed by atoms with Crippen LogP contribution in [-0.4, -0.2) is 20.8 Å². The van der Waals surface area contributed by atoms with Crippen LogP contribution in [0.3, 0.4) is 0 Å². The Morgan fingerprint density at radius 3 is 2.94 bits per heavy atom. The summed E-state index contributed by atoms with van der Waals surface area (Å²) in [7, 11) is -3.03. The Balaban J connectivity index is 2.12. The van der Waals surface area contributed by atoms with Crippen molar-refractivity contribution in [2.45, 2.75) is 25.2 Å². The molecule has 0 radical (unpaired) electrons. The Bertz CT molecular complexity index is 532. The number of ether oxygens (including phenoxy) is 1. The Morgan fingerprint density at radius 1 is 1.33 bits per heavy atom. The van der Waals surface area contributed by atoms with Gasteiger partial charge in [0, 0.05) is 0 Å². The van der Waals surface area contributed by atoms with E-state index in [0.717, 1.165) is 18.6 Å². The Morgan fingerprint density at radius 2 is 2.17 bits per heavy atom. The number of allylic oxidation sites excluding steroid dienone is 1. The first-order chi connectivity index (χ1) is 8.61. The summed E-state index contributed by atoms with van der Waals surface area (Å²) in [6, 6.07) is 5.87. The summed E-state index contributed by atoms with van der Waals surface area (Å²) >= 11 is 0. The lowest BCUT2D eigenvalue weighted by Gasteiger charge is -2.17. The van der Waals surface area contributed by atoms with Gasteiger partial charge in [-0.3, -0.25) is 0 Å². The molecular weight excluding hydrogens is 248 g/mol. The molecule has 0 N–H and O–H groups in total. The molecule has 0 unspecified atom stereocenters. The summed E-state index contributed by atoms with van der Waals surface area (Å²) in [6.45, 7) is 4.91. The van der Waals surface area contributed by atoms with Gasteiger partial charge in [0.05, 0.1) is 24.7 Å². The molecule has 1 aliphatic rings. The molecule has 0 bridgehead atoms. The van der Waals surface area contributed by atoms with E-state index in [-0.39, 0.29) is 11.5 Å². The Kier molecular flexibility index (Phi) is 4.19. The lowest BCUT2D eigenvalue weighted by molar-refractivity contribution is 0.110. The predicted octanol–water partition coefficient (Wildman–Crippen LogP) is 2.25. The highest BCUT2D eigenvalue weighted by Gasteiger charge is 2.14. The average Bonchev–Trinajstić information content (AvgIpc) is 2.36. The monoisotopic (exact) mass is 266 g/mol. The van der Waals surface area contributed by atoms with Crippen molar-refractivity contribution in [3.05, 3.63) is 47.5 Å². The molecule has 0 amide bonds. The van der Waals surface area contributed by atoms with Crippen molar-refractivity contribution >= 4 is 9.84 Å². The Labute approximate surface area is 108 Å². The zero-order valence-electron chi connectivity index (χ0n) is 10.4. The number of fused-ring (bicyclic) bond motifs is 1. The number of benzene rings is 1. The molecule has 18 heavy (non-hydrogen) atoms. The van der Waals surface area contributed by atoms with Crippen LogP contribution in [0, 0.1) is 0 Å². The predicted molar refractivity (Wildman–Crippen MR) is 72.1 cm³/mol. The third-order valence-electron chi connectivity index (χ3n) is 3.06. The maximum Gasteiger partial charge on any atom is 0.154 e. The van der Waals surface area contributed by atoms with E-state index in [1.807, 2.05) is 18.2 Å². The van der Waals surface area contributed by atoms with Crippen molar-refractivity contribution in [3.8, 4) is 0 Å². The fourth-order valence-electron chi connectivity index (χ4n) is 2.10. The van der Waals surface area contributed by atoms with Crippen molar-refractivity contribution in [1.82, 2.24) is 0 Å². The minimum Gasteiger partial charge on any atom is -0.376 e. The summed E-state index contributed by atoms with van der Waals surface area (Å²) in [5, 5.41) is 0. The van der Waals surface area contributed by atoms with E-state index in [1.54, 1.807) is 6.08 Å². The van der Waals surface area contributed by atoms with Crippen LogP contribution in [0.15, 0.2) is 30.9 Å². The van der Waals surface area contributed by atoms with Gasteiger partial charge in [-0.05, 0) is 29.5 Å². The maximum atomic E-state index is 11.9. The van der Waals surface area contributed by atoms with Crippen LogP contribution in [0.25, 0.3) is 0 Å². The summed E-state index contributed by atoms with van der Waals surface area (Å²) in [6.07, 6.45) is 3.03. The van der Waals surface area contributed by atoms with Crippen LogP contribution < -0.4 is 0 Å². The second-order valence-corrected chi connectivity index (χ2v) is 6.76. The lowest BCUT2D eigenvalue weighted by Crippen LogP contribution is -2.12. The molecule has 0 aliphatic carbocycles. The molecule has 0 spiro atoms. The van der Waals surface area contributed by atoms with Crippen molar-refractivity contribution in [2.75, 3.05) is 12.4 Å². The first-order valence-corrected chi connectivity index (χ1v) is 7.92. The van der Waals surface area contributed by atoms with Gasteiger partial charge in [0.15, 0.2) is 9.84 Å². The molecule has 1 aliphatic heterocycles. The van der Waals surface area contributed by atoms with Crippen molar-refractivity contribution in [2.24, 2.45) is 0 Å². The van der Waals surface area contributed by atoms with Crippen LogP contribution in [0.5, 0.6) is 0 Å². The molecule has 3 nitrogen and oxygen atoms in total. The van der Waals surface area contributed by atoms with Gasteiger partial charge in [-0.2, -0.15) is 0 Å². The quantitative estimate of drug-likeness (QED) is 0.768. The number of hydrogen-bond acceptors (Lipinski definition) is 3. The van der Waals surface area contributed by atoms with E-state index in [9.17, 15) is 8.42 Å². The van der Waals surface area contributed by atoms with Gasteiger partial charge in [-0.1, -0.05) is 24.3 Å². The molecular formula is C14H18O3S. The Hall–Kier alpha value is -1.13. The zero-order chi connectivity index (χ0) is 13.0. The molecule has 1 heterocycles. The van der Waals surface area contributed by atoms with Gasteiger partial charge < -0.3 is 4.74 Å². The minimum atomic E-state index is -3.03. The largest absolute Gasteiger partial charge is 0.376 e. The number of hydrogen-bond donors (Lipinski definition) is 0. The maximum absolute atomic E-state index is 11.9. The van der Waals surface area contributed by atoms with Gasteiger partial charge in [-0.25, -0.2) is 8.42 Å². The first kappa shape index (κ1) is 13.3. The van der Waals surface area contributed by atoms with E-state index in [0.29, 0.717) is 13.0 Å². The van der Waals surface area contributed by atoms with Gasteiger partial charge in [-0.15, -0.1) is 6.58 Å². The minimum absolute atomic E-state index is 0.120. The molecule has 0 atom stereocenters. The summed E-state index contributed by atoms with van der Waals surface area (Å²) in [5.41, 5.74) is 3.27. The lowest BCUT2D eigenvalue weighted by atomic mass is 10.0. The fourth-order valence-corrected chi connectivity index (χ4v) is 3.45. The van der Waals surface area contributed by atoms with Gasteiger partial charge in [0.2, 0.25) is 0 Å². The first-order valence-electron chi connectivity index (χ1n) is 6.10. The van der Waals surface area contributed by atoms with E-state index in [4.69, 9.17) is 4.74 Å². The second kappa shape index (κ2) is 5.67. The molecule has 1 aromatic carbocycles. The molecule has 0 aromatic heterocycles. The molecule has 4 heteroatoms. The van der Waals surface area contributed by atoms with Crippen LogP contribution in [0.4, 0.5) is 0 Å². The molecule has 2 rings (SSSR count). The smallest absolute Gasteiger partial charge is 0.154 e. The molecule has 1 aromatic rings. The van der Waals surface area contributed by atoms with Crippen LogP contribution in [0.2, 0.25) is 0 Å². The molecule has 0 saturated heterocycles. The average molecular weight is 266 g/mol. The van der Waals surface area contributed by atoms with E-state index >= 15 is 0 Å². The highest BCUT2D eigenvalue weighted by atomic mass is 32.2. The zero-order valence-corrected chi connectivity index (χ0v) is 11.2. The standard InChI is InChI=1S/C14H18O3S/c1-2-3-8-18(15,16)11-12-4-5-14-10-17-7-6-13(14)9-12/h2,4-5,9H,1,3,6-8,10-11H2. The molecule has 98 valence electrons. The number of sulfone groups is 1. The van der Waals surface area contributed by atoms with Crippen LogP contribution in [0.1, 0.15) is 23.1 Å². The molecule has 0 saturated carbocycles. The van der Waals surface area contributed by atoms with E-state index in [1.165, 1.54) is 11.1 Å².